The topological polar surface area (TPSA) is 340 Å². The summed E-state index contributed by atoms with van der Waals surface area (Å²) in [5, 5.41) is 33.3. The van der Waals surface area contributed by atoms with Crippen LogP contribution in [-0.2, 0) is 18.9 Å². The summed E-state index contributed by atoms with van der Waals surface area (Å²) in [6, 6.07) is 6.52. The second-order valence-electron chi connectivity index (χ2n) is 10.3. The van der Waals surface area contributed by atoms with Gasteiger partial charge in [0.1, 0.15) is 23.1 Å². The number of nitrogen functional groups attached to an aromatic ring is 1. The first kappa shape index (κ1) is 59.3. The second kappa shape index (κ2) is 30.9. The largest absolute Gasteiger partial charge is 0.483 e. The van der Waals surface area contributed by atoms with Crippen LogP contribution in [0.3, 0.4) is 0 Å². The quantitative estimate of drug-likeness (QED) is 0.0428. The maximum Gasteiger partial charge on any atom is 0.310 e. The average Bonchev–Trinajstić information content (AvgIpc) is 3.83. The molecule has 338 valence electrons. The summed E-state index contributed by atoms with van der Waals surface area (Å²) in [7, 11) is 8.61. The predicted octanol–water partition coefficient (Wildman–Crippen LogP) is 6.50. The van der Waals surface area contributed by atoms with Crippen molar-refractivity contribution in [3.05, 3.63) is 136 Å². The number of hydrogen-bond donors (Lipinski definition) is 7. The molecule has 7 rings (SSSR count). The van der Waals surface area contributed by atoms with Crippen LogP contribution >= 0.6 is 39.1 Å². The number of pyridine rings is 5. The molecule has 7 heterocycles. The van der Waals surface area contributed by atoms with Crippen molar-refractivity contribution in [3.63, 3.8) is 0 Å². The first-order chi connectivity index (χ1) is 28.1. The van der Waals surface area contributed by atoms with Crippen LogP contribution in [0, 0.1) is 20.2 Å². The monoisotopic (exact) mass is 969 g/mol. The van der Waals surface area contributed by atoms with E-state index in [1.54, 1.807) is 62.0 Å². The number of nitro groups is 2. The van der Waals surface area contributed by atoms with Crippen molar-refractivity contribution >= 4 is 96.1 Å². The summed E-state index contributed by atoms with van der Waals surface area (Å²) >= 11 is 14.4. The molecule has 62 heavy (non-hydrogen) atoms. The third-order valence-corrected chi connectivity index (χ3v) is 8.01. The van der Waals surface area contributed by atoms with Crippen LogP contribution in [0.5, 0.6) is 0 Å². The number of aromatic amines is 2. The molecule has 0 atom stereocenters. The van der Waals surface area contributed by atoms with Crippen molar-refractivity contribution in [1.29, 1.82) is 0 Å². The number of imidazole rings is 2. The highest BCUT2D eigenvalue weighted by atomic mass is 79.9. The number of rotatable bonds is 4. The molecule has 0 aromatic carbocycles. The number of halogens is 3. The highest BCUT2D eigenvalue weighted by Gasteiger charge is 2.11. The van der Waals surface area contributed by atoms with Gasteiger partial charge in [0.25, 0.3) is 17.6 Å². The minimum Gasteiger partial charge on any atom is -0.483 e. The molecule has 0 bridgehead atoms. The van der Waals surface area contributed by atoms with Crippen LogP contribution in [0.25, 0.3) is 22.1 Å². The van der Waals surface area contributed by atoms with Crippen molar-refractivity contribution in [1.82, 2.24) is 44.0 Å². The lowest BCUT2D eigenvalue weighted by Crippen LogP contribution is -2.05. The molecule has 0 aliphatic rings. The maximum atomic E-state index is 11.2. The molecule has 0 spiro atoms. The number of H-pyrrole nitrogens is 2. The minimum atomic E-state index is -0.574. The van der Waals surface area contributed by atoms with Gasteiger partial charge in [-0.05, 0) is 47.2 Å². The number of nitrogens with two attached hydrogens (primary N) is 2. The lowest BCUT2D eigenvalue weighted by atomic mass is 10.3. The van der Waals surface area contributed by atoms with E-state index in [1.807, 2.05) is 24.7 Å². The van der Waals surface area contributed by atoms with Gasteiger partial charge in [-0.2, -0.15) is 0 Å². The van der Waals surface area contributed by atoms with Crippen molar-refractivity contribution in [2.45, 2.75) is 22.3 Å². The Balaban J connectivity index is -0.000000676. The van der Waals surface area contributed by atoms with Gasteiger partial charge in [-0.1, -0.05) is 45.5 Å². The van der Waals surface area contributed by atoms with Gasteiger partial charge in [-0.15, -0.1) is 0 Å². The van der Waals surface area contributed by atoms with Crippen LogP contribution in [0.15, 0.2) is 94.4 Å². The number of nitrogens with one attached hydrogen (secondary N) is 4. The Morgan fingerprint density at radius 3 is 1.77 bits per heavy atom. The Bertz CT molecular complexity index is 2550. The van der Waals surface area contributed by atoms with Crippen molar-refractivity contribution in [2.24, 2.45) is 19.8 Å². The van der Waals surface area contributed by atoms with Crippen LogP contribution in [0.1, 0.15) is 22.3 Å². The number of aromatic nitrogens is 9. The highest BCUT2D eigenvalue weighted by Crippen LogP contribution is 2.24. The number of anilines is 3. The van der Waals surface area contributed by atoms with E-state index in [9.17, 15) is 29.8 Å². The Hall–Kier alpha value is -7.02. The zero-order valence-corrected chi connectivity index (χ0v) is 34.8. The van der Waals surface area contributed by atoms with Gasteiger partial charge >= 0.3 is 11.4 Å². The fourth-order valence-electron chi connectivity index (χ4n) is 4.13. The second-order valence-corrected chi connectivity index (χ2v) is 11.9. The van der Waals surface area contributed by atoms with E-state index >= 15 is 0 Å². The summed E-state index contributed by atoms with van der Waals surface area (Å²) in [4.78, 5) is 74.0. The molecule has 0 amide bonds. The SMILES string of the molecule is C.C.C.CN.CNc1ccnc(Cl)c1N.CNc1ccncc1[N+](=O)[O-].Cn1cnc2c(=O)[nH]cc(Br)c21.Cn1cnc2c(=O)[nH]ccc21.O=CO.O=[N+]([O-])c1cnccc1Cl. The third-order valence-electron chi connectivity index (χ3n) is 6.78. The van der Waals surface area contributed by atoms with Crippen LogP contribution in [0.2, 0.25) is 10.2 Å². The molecular weight excluding hydrogens is 921 g/mol. The first-order valence-corrected chi connectivity index (χ1v) is 17.6. The molecule has 9 N–H and O–H groups in total. The maximum absolute atomic E-state index is 11.2. The summed E-state index contributed by atoms with van der Waals surface area (Å²) in [5.74, 6) is 0. The molecule has 0 fully saturated rings. The predicted molar refractivity (Wildman–Crippen MR) is 249 cm³/mol. The lowest BCUT2D eigenvalue weighted by molar-refractivity contribution is -0.385. The normalized spacial score (nSPS) is 8.92. The molecule has 23 nitrogen and oxygen atoms in total. The number of nitrogens with zero attached hydrogens (tertiary/aromatic N) is 9. The van der Waals surface area contributed by atoms with E-state index in [0.29, 0.717) is 27.6 Å². The van der Waals surface area contributed by atoms with Crippen molar-refractivity contribution in [3.8, 4) is 0 Å². The molecule has 0 radical (unpaired) electrons. The Morgan fingerprint density at radius 1 is 0.806 bits per heavy atom. The zero-order valence-electron chi connectivity index (χ0n) is 31.7. The van der Waals surface area contributed by atoms with Gasteiger partial charge in [-0.25, -0.2) is 15.0 Å². The van der Waals surface area contributed by atoms with E-state index in [2.05, 4.69) is 67.2 Å². The number of aryl methyl sites for hydroxylation is 2. The summed E-state index contributed by atoms with van der Waals surface area (Å²) in [6.45, 7) is -0.250. The van der Waals surface area contributed by atoms with E-state index in [0.717, 1.165) is 27.4 Å². The zero-order chi connectivity index (χ0) is 44.7. The summed E-state index contributed by atoms with van der Waals surface area (Å²) in [5.41, 5.74) is 14.0. The molecule has 0 aliphatic carbocycles. The first-order valence-electron chi connectivity index (χ1n) is 16.0. The molecule has 7 aromatic heterocycles. The number of hydrogen-bond acceptors (Lipinski definition) is 16. The smallest absolute Gasteiger partial charge is 0.310 e. The number of carbonyl (C=O) groups is 1. The van der Waals surface area contributed by atoms with E-state index < -0.39 is 9.85 Å². The van der Waals surface area contributed by atoms with Crippen molar-refractivity contribution in [2.75, 3.05) is 37.5 Å². The molecule has 0 saturated heterocycles. The third kappa shape index (κ3) is 17.7. The van der Waals surface area contributed by atoms with Gasteiger partial charge in [0.2, 0.25) is 0 Å². The highest BCUT2D eigenvalue weighted by molar-refractivity contribution is 9.10. The van der Waals surface area contributed by atoms with Gasteiger partial charge in [0.05, 0.1) is 49.4 Å². The van der Waals surface area contributed by atoms with Crippen molar-refractivity contribution < 1.29 is 19.7 Å². The van der Waals surface area contributed by atoms with Gasteiger partial charge in [0, 0.05) is 59.2 Å². The fourth-order valence-corrected chi connectivity index (χ4v) is 5.05. The van der Waals surface area contributed by atoms with Gasteiger partial charge in [0.15, 0.2) is 16.2 Å². The molecule has 7 aromatic rings. The molecule has 0 unspecified atom stereocenters. The van der Waals surface area contributed by atoms with E-state index in [1.165, 1.54) is 31.7 Å². The van der Waals surface area contributed by atoms with Gasteiger partial charge in [-0.3, -0.25) is 44.6 Å². The lowest BCUT2D eigenvalue weighted by Gasteiger charge is -2.03. The number of carboxylic acid groups (broad SMARTS) is 1. The molecular formula is C36H50BrCl2N15O8. The van der Waals surface area contributed by atoms with E-state index in [-0.39, 0.29) is 56.3 Å². The molecule has 0 aliphatic heterocycles. The average molecular weight is 972 g/mol. The van der Waals surface area contributed by atoms with E-state index in [4.69, 9.17) is 38.8 Å². The van der Waals surface area contributed by atoms with Crippen LogP contribution in [0.4, 0.5) is 28.4 Å². The van der Waals surface area contributed by atoms with Crippen LogP contribution < -0.4 is 33.2 Å². The molecule has 0 saturated carbocycles. The minimum absolute atomic E-state index is 0. The summed E-state index contributed by atoms with van der Waals surface area (Å²) in [6.07, 6.45) is 13.3. The van der Waals surface area contributed by atoms with Gasteiger partial charge < -0.3 is 46.3 Å². The fraction of sp³-hybridized carbons (Fsp3) is 0.222. The Morgan fingerprint density at radius 2 is 1.31 bits per heavy atom. The number of fused-ring (bicyclic) bond motifs is 2. The Labute approximate surface area is 374 Å². The van der Waals surface area contributed by atoms with Crippen LogP contribution in [-0.4, -0.2) is 86.6 Å². The molecule has 26 heteroatoms. The standard InChI is InChI=1S/C7H6BrN3O.C7H7N3O.C6H8ClN3.C6H7N3O2.C5H3ClN2O2.CH5N.CH2O2.3CH4/c1-11-3-10-5-6(11)4(8)2-9-7(5)12;1-10-4-9-6-5(10)2-3-8-7(6)11;1-9-4-2-3-10-6(7)5(4)8;1-7-5-2-3-8-4-6(5)9(10)11;6-4-1-2-7-3-5(4)8(9)10;1-2;2-1-3;;;/h2-3H,1H3,(H,9,12);2-4H,1H3,(H,8,11);2-3H,8H2,1H3,(H,9,10);2-4H,1H3,(H,7,8);1-3H;2H2,1H3;1H,(H,2,3);3*1H4. The summed E-state index contributed by atoms with van der Waals surface area (Å²) < 4.78 is 4.45. The Kier molecular flexibility index (Phi) is 29.6.